The Balaban J connectivity index is 1.40. The number of aromatic nitrogens is 2. The normalized spacial score (nSPS) is 15.8. The van der Waals surface area contributed by atoms with E-state index in [1.54, 1.807) is 18.0 Å². The van der Waals surface area contributed by atoms with Gasteiger partial charge in [-0.05, 0) is 44.5 Å². The van der Waals surface area contributed by atoms with Gasteiger partial charge in [0.25, 0.3) is 5.91 Å². The molecule has 3 heterocycles. The molecule has 1 atom stereocenters. The summed E-state index contributed by atoms with van der Waals surface area (Å²) < 4.78 is 5.27. The Hall–Kier alpha value is -2.64. The van der Waals surface area contributed by atoms with Crippen molar-refractivity contribution >= 4 is 17.7 Å². The molecule has 3 aromatic rings. The smallest absolute Gasteiger partial charge is 0.255 e. The number of aryl methyl sites for hydroxylation is 2. The van der Waals surface area contributed by atoms with Crippen molar-refractivity contribution in [2.45, 2.75) is 37.5 Å². The lowest BCUT2D eigenvalue weighted by Crippen LogP contribution is -2.49. The molecule has 1 aromatic carbocycles. The van der Waals surface area contributed by atoms with Gasteiger partial charge in [0.1, 0.15) is 5.76 Å². The Morgan fingerprint density at radius 1 is 1.13 bits per heavy atom. The van der Waals surface area contributed by atoms with Crippen LogP contribution >= 0.6 is 11.8 Å². The number of hydrogen-bond donors (Lipinski definition) is 0. The lowest BCUT2D eigenvalue weighted by Gasteiger charge is -2.38. The number of amides is 1. The molecular formula is C24H28N4O2S. The predicted octanol–water partition coefficient (Wildman–Crippen LogP) is 4.50. The van der Waals surface area contributed by atoms with E-state index in [0.717, 1.165) is 59.4 Å². The highest BCUT2D eigenvalue weighted by atomic mass is 32.2. The average Bonchev–Trinajstić information content (AvgIpc) is 3.14. The number of hydrogen-bond acceptors (Lipinski definition) is 6. The van der Waals surface area contributed by atoms with Gasteiger partial charge in [-0.25, -0.2) is 0 Å². The molecule has 0 radical (unpaired) electrons. The van der Waals surface area contributed by atoms with Crippen LogP contribution in [-0.4, -0.2) is 52.0 Å². The standard InChI is InChI=1S/C24H28N4O2S/c1-17-22(19(3)30-26-17)16-31-23-9-5-4-8-21(23)24(29)28-13-11-27(12-14-28)18(2)20-7-6-10-25-15-20/h4-10,15,18H,11-14,16H2,1-3H3. The van der Waals surface area contributed by atoms with Crippen LogP contribution in [0.15, 0.2) is 58.2 Å². The van der Waals surface area contributed by atoms with Crippen LogP contribution in [0.4, 0.5) is 0 Å². The fourth-order valence-corrected chi connectivity index (χ4v) is 5.14. The quantitative estimate of drug-likeness (QED) is 0.530. The second-order valence-corrected chi connectivity index (χ2v) is 8.90. The summed E-state index contributed by atoms with van der Waals surface area (Å²) in [5, 5.41) is 4.03. The SMILES string of the molecule is Cc1noc(C)c1CSc1ccccc1C(=O)N1CCN(C(C)c2cccnc2)CC1. The van der Waals surface area contributed by atoms with Crippen molar-refractivity contribution in [1.29, 1.82) is 0 Å². The zero-order valence-corrected chi connectivity index (χ0v) is 19.1. The van der Waals surface area contributed by atoms with Crippen molar-refractivity contribution in [3.63, 3.8) is 0 Å². The Kier molecular flexibility index (Phi) is 6.73. The summed E-state index contributed by atoms with van der Waals surface area (Å²) in [4.78, 5) is 22.9. The highest BCUT2D eigenvalue weighted by molar-refractivity contribution is 7.98. The molecule has 6 nitrogen and oxygen atoms in total. The van der Waals surface area contributed by atoms with Crippen molar-refractivity contribution in [3.05, 3.63) is 76.9 Å². The fourth-order valence-electron chi connectivity index (χ4n) is 3.94. The van der Waals surface area contributed by atoms with E-state index in [1.807, 2.05) is 55.3 Å². The molecule has 0 bridgehead atoms. The second kappa shape index (κ2) is 9.66. The van der Waals surface area contributed by atoms with E-state index in [-0.39, 0.29) is 5.91 Å². The molecule has 0 aliphatic carbocycles. The number of carbonyl (C=O) groups excluding carboxylic acids is 1. The van der Waals surface area contributed by atoms with Crippen LogP contribution in [0, 0.1) is 13.8 Å². The van der Waals surface area contributed by atoms with E-state index in [1.165, 1.54) is 5.56 Å². The number of benzene rings is 1. The van der Waals surface area contributed by atoms with Gasteiger partial charge in [0, 0.05) is 60.8 Å². The van der Waals surface area contributed by atoms with E-state index < -0.39 is 0 Å². The number of thioether (sulfide) groups is 1. The lowest BCUT2D eigenvalue weighted by molar-refractivity contribution is 0.0578. The van der Waals surface area contributed by atoms with Crippen LogP contribution in [0.1, 0.15) is 45.9 Å². The molecule has 162 valence electrons. The highest BCUT2D eigenvalue weighted by Crippen LogP contribution is 2.30. The van der Waals surface area contributed by atoms with E-state index in [4.69, 9.17) is 4.52 Å². The van der Waals surface area contributed by atoms with E-state index >= 15 is 0 Å². The van der Waals surface area contributed by atoms with Gasteiger partial charge in [-0.15, -0.1) is 11.8 Å². The van der Waals surface area contributed by atoms with Crippen LogP contribution in [0.3, 0.4) is 0 Å². The maximum atomic E-state index is 13.3. The van der Waals surface area contributed by atoms with Crippen molar-refractivity contribution in [2.75, 3.05) is 26.2 Å². The summed E-state index contributed by atoms with van der Waals surface area (Å²) >= 11 is 1.66. The minimum atomic E-state index is 0.107. The number of rotatable bonds is 6. The number of pyridine rings is 1. The monoisotopic (exact) mass is 436 g/mol. The van der Waals surface area contributed by atoms with Gasteiger partial charge in [0.2, 0.25) is 0 Å². The minimum absolute atomic E-state index is 0.107. The van der Waals surface area contributed by atoms with Crippen LogP contribution in [0.5, 0.6) is 0 Å². The Labute approximate surface area is 187 Å². The molecule has 1 aliphatic heterocycles. The zero-order valence-electron chi connectivity index (χ0n) is 18.2. The van der Waals surface area contributed by atoms with Gasteiger partial charge in [-0.2, -0.15) is 0 Å². The molecule has 7 heteroatoms. The topological polar surface area (TPSA) is 62.5 Å². The van der Waals surface area contributed by atoms with Crippen LogP contribution < -0.4 is 0 Å². The Bertz CT molecular complexity index is 1010. The van der Waals surface area contributed by atoms with E-state index in [9.17, 15) is 4.79 Å². The predicted molar refractivity (Wildman–Crippen MR) is 122 cm³/mol. The Morgan fingerprint density at radius 2 is 1.90 bits per heavy atom. The molecular weight excluding hydrogens is 408 g/mol. The molecule has 0 N–H and O–H groups in total. The Morgan fingerprint density at radius 3 is 2.58 bits per heavy atom. The number of nitrogens with zero attached hydrogens (tertiary/aromatic N) is 4. The lowest BCUT2D eigenvalue weighted by atomic mass is 10.1. The molecule has 4 rings (SSSR count). The van der Waals surface area contributed by atoms with Gasteiger partial charge >= 0.3 is 0 Å². The minimum Gasteiger partial charge on any atom is -0.361 e. The van der Waals surface area contributed by atoms with Crippen molar-refractivity contribution < 1.29 is 9.32 Å². The van der Waals surface area contributed by atoms with Gasteiger partial charge in [0.15, 0.2) is 0 Å². The van der Waals surface area contributed by atoms with Crippen LogP contribution in [0.25, 0.3) is 0 Å². The van der Waals surface area contributed by atoms with Gasteiger partial charge in [0.05, 0.1) is 11.3 Å². The first-order valence-electron chi connectivity index (χ1n) is 10.6. The third-order valence-corrected chi connectivity index (χ3v) is 7.09. The fraction of sp³-hybridized carbons (Fsp3) is 0.375. The summed E-state index contributed by atoms with van der Waals surface area (Å²) in [5.41, 5.74) is 3.99. The molecule has 1 aliphatic rings. The van der Waals surface area contributed by atoms with E-state index in [2.05, 4.69) is 28.0 Å². The first kappa shape index (κ1) is 21.6. The molecule has 0 spiro atoms. The van der Waals surface area contributed by atoms with Gasteiger partial charge in [-0.3, -0.25) is 14.7 Å². The van der Waals surface area contributed by atoms with Crippen molar-refractivity contribution in [1.82, 2.24) is 19.9 Å². The molecule has 1 unspecified atom stereocenters. The summed E-state index contributed by atoms with van der Waals surface area (Å²) in [7, 11) is 0. The number of piperazine rings is 1. The molecule has 0 saturated carbocycles. The van der Waals surface area contributed by atoms with Crippen molar-refractivity contribution in [3.8, 4) is 0 Å². The first-order valence-corrected chi connectivity index (χ1v) is 11.6. The first-order chi connectivity index (χ1) is 15.0. The largest absolute Gasteiger partial charge is 0.361 e. The third-order valence-electron chi connectivity index (χ3n) is 5.99. The summed E-state index contributed by atoms with van der Waals surface area (Å²) in [6.07, 6.45) is 3.72. The number of carbonyl (C=O) groups is 1. The molecule has 31 heavy (non-hydrogen) atoms. The molecule has 1 saturated heterocycles. The van der Waals surface area contributed by atoms with E-state index in [0.29, 0.717) is 6.04 Å². The second-order valence-electron chi connectivity index (χ2n) is 7.88. The average molecular weight is 437 g/mol. The van der Waals surface area contributed by atoms with Crippen molar-refractivity contribution in [2.24, 2.45) is 0 Å². The highest BCUT2D eigenvalue weighted by Gasteiger charge is 2.26. The van der Waals surface area contributed by atoms with Gasteiger partial charge < -0.3 is 9.42 Å². The van der Waals surface area contributed by atoms with Gasteiger partial charge in [-0.1, -0.05) is 23.4 Å². The zero-order chi connectivity index (χ0) is 21.8. The van der Waals surface area contributed by atoms with Crippen LogP contribution in [-0.2, 0) is 5.75 Å². The molecule has 2 aromatic heterocycles. The third kappa shape index (κ3) is 4.83. The maximum Gasteiger partial charge on any atom is 0.255 e. The summed E-state index contributed by atoms with van der Waals surface area (Å²) in [6, 6.07) is 12.3. The maximum absolute atomic E-state index is 13.3. The summed E-state index contributed by atoms with van der Waals surface area (Å²) in [6.45, 7) is 9.26. The van der Waals surface area contributed by atoms with Crippen LogP contribution in [0.2, 0.25) is 0 Å². The molecule has 1 amide bonds. The molecule has 1 fully saturated rings. The summed E-state index contributed by atoms with van der Waals surface area (Å²) in [5.74, 6) is 1.69.